The summed E-state index contributed by atoms with van der Waals surface area (Å²) in [5.41, 5.74) is 3.74. The van der Waals surface area contributed by atoms with E-state index >= 15 is 0 Å². The van der Waals surface area contributed by atoms with Crippen LogP contribution in [0.25, 0.3) is 10.8 Å². The van der Waals surface area contributed by atoms with Gasteiger partial charge in [-0.3, -0.25) is 0 Å². The van der Waals surface area contributed by atoms with Gasteiger partial charge in [0, 0.05) is 0 Å². The fourth-order valence-corrected chi connectivity index (χ4v) is 5.29. The predicted molar refractivity (Wildman–Crippen MR) is 90.3 cm³/mol. The number of methoxy groups -OCH3 is 1. The van der Waals surface area contributed by atoms with Gasteiger partial charge in [0.05, 0.1) is 7.11 Å². The summed E-state index contributed by atoms with van der Waals surface area (Å²) in [6.45, 7) is 0. The molecule has 5 rings (SSSR count). The first-order valence-electron chi connectivity index (χ1n) is 8.54. The van der Waals surface area contributed by atoms with Gasteiger partial charge in [-0.25, -0.2) is 0 Å². The lowest BCUT2D eigenvalue weighted by Gasteiger charge is -2.40. The summed E-state index contributed by atoms with van der Waals surface area (Å²) in [6, 6.07) is 11.3. The van der Waals surface area contributed by atoms with Crippen molar-refractivity contribution in [2.75, 3.05) is 7.11 Å². The number of aryl methyl sites for hydroxylation is 1. The second-order valence-corrected chi connectivity index (χ2v) is 7.56. The molecule has 1 fully saturated rings. The average Bonchev–Trinajstić information content (AvgIpc) is 3.13. The minimum Gasteiger partial charge on any atom is -0.497 e. The second-order valence-electron chi connectivity index (χ2n) is 7.56. The van der Waals surface area contributed by atoms with Gasteiger partial charge in [0.1, 0.15) is 5.75 Å². The third-order valence-corrected chi connectivity index (χ3v) is 6.43. The van der Waals surface area contributed by atoms with Crippen molar-refractivity contribution in [2.45, 2.75) is 32.1 Å². The lowest BCUT2D eigenvalue weighted by Crippen LogP contribution is -2.32. The molecule has 1 saturated carbocycles. The summed E-state index contributed by atoms with van der Waals surface area (Å²) in [4.78, 5) is 0. The van der Waals surface area contributed by atoms with Crippen LogP contribution in [0.1, 0.15) is 30.4 Å². The van der Waals surface area contributed by atoms with Crippen LogP contribution in [-0.2, 0) is 12.8 Å². The van der Waals surface area contributed by atoms with Crippen LogP contribution in [0.5, 0.6) is 5.75 Å². The summed E-state index contributed by atoms with van der Waals surface area (Å²) in [5.74, 6) is 2.67. The summed E-state index contributed by atoms with van der Waals surface area (Å²) in [7, 11) is 1.75. The zero-order valence-corrected chi connectivity index (χ0v) is 13.1. The molecule has 1 nitrogen and oxygen atoms in total. The van der Waals surface area contributed by atoms with Gasteiger partial charge in [0.2, 0.25) is 0 Å². The highest BCUT2D eigenvalue weighted by atomic mass is 16.5. The Morgan fingerprint density at radius 2 is 1.95 bits per heavy atom. The van der Waals surface area contributed by atoms with E-state index in [0.29, 0.717) is 5.41 Å². The Kier molecular flexibility index (Phi) is 2.54. The van der Waals surface area contributed by atoms with E-state index in [1.54, 1.807) is 18.2 Å². The van der Waals surface area contributed by atoms with Gasteiger partial charge in [-0.2, -0.15) is 0 Å². The highest BCUT2D eigenvalue weighted by Gasteiger charge is 2.49. The lowest BCUT2D eigenvalue weighted by molar-refractivity contribution is 0.195. The van der Waals surface area contributed by atoms with Crippen molar-refractivity contribution < 1.29 is 4.74 Å². The topological polar surface area (TPSA) is 9.23 Å². The van der Waals surface area contributed by atoms with Gasteiger partial charge in [0.15, 0.2) is 0 Å². The highest BCUT2D eigenvalue weighted by Crippen LogP contribution is 2.57. The van der Waals surface area contributed by atoms with Crippen molar-refractivity contribution in [2.24, 2.45) is 17.3 Å². The van der Waals surface area contributed by atoms with Crippen molar-refractivity contribution >= 4 is 10.8 Å². The maximum absolute atomic E-state index is 5.39. The Labute approximate surface area is 132 Å². The molecule has 0 heterocycles. The average molecular weight is 290 g/mol. The molecule has 1 heteroatoms. The molecule has 3 aliphatic carbocycles. The normalized spacial score (nSPS) is 31.9. The van der Waals surface area contributed by atoms with Crippen LogP contribution in [0.15, 0.2) is 42.5 Å². The van der Waals surface area contributed by atoms with Gasteiger partial charge >= 0.3 is 0 Å². The van der Waals surface area contributed by atoms with Gasteiger partial charge in [-0.1, -0.05) is 30.4 Å². The van der Waals surface area contributed by atoms with Crippen LogP contribution in [0.2, 0.25) is 0 Å². The number of benzene rings is 2. The first-order chi connectivity index (χ1) is 10.8. The van der Waals surface area contributed by atoms with E-state index in [-0.39, 0.29) is 0 Å². The minimum atomic E-state index is 0.568. The molecule has 0 aromatic heterocycles. The molecule has 0 amide bonds. The van der Waals surface area contributed by atoms with E-state index in [0.717, 1.165) is 17.6 Å². The van der Waals surface area contributed by atoms with E-state index in [1.165, 1.54) is 42.9 Å². The van der Waals surface area contributed by atoms with Crippen LogP contribution < -0.4 is 4.74 Å². The van der Waals surface area contributed by atoms with E-state index < -0.39 is 0 Å². The largest absolute Gasteiger partial charge is 0.497 e. The molecular formula is C21H22O. The molecule has 2 aromatic carbocycles. The second kappa shape index (κ2) is 4.38. The fourth-order valence-electron chi connectivity index (χ4n) is 5.29. The fraction of sp³-hybridized carbons (Fsp3) is 0.429. The molecule has 0 aliphatic heterocycles. The van der Waals surface area contributed by atoms with E-state index in [2.05, 4.69) is 42.5 Å². The van der Waals surface area contributed by atoms with Gasteiger partial charge < -0.3 is 4.74 Å². The standard InChI is InChI=1S/C21H22O/c1-22-20-5-3-15-9-16-6-7-21(12-14-2-4-19(21)8-14)13-18(16)10-17(15)11-20/h2-5,9-11,14,19H,6-8,12-13H2,1H3. The molecule has 0 N–H and O–H groups in total. The first-order valence-corrected chi connectivity index (χ1v) is 8.54. The van der Waals surface area contributed by atoms with Crippen molar-refractivity contribution in [1.29, 1.82) is 0 Å². The highest BCUT2D eigenvalue weighted by molar-refractivity contribution is 5.85. The molecule has 3 aliphatic rings. The Morgan fingerprint density at radius 3 is 2.73 bits per heavy atom. The number of ether oxygens (including phenoxy) is 1. The van der Waals surface area contributed by atoms with Gasteiger partial charge in [-0.05, 0) is 83.4 Å². The Morgan fingerprint density at radius 1 is 1.05 bits per heavy atom. The zero-order valence-electron chi connectivity index (χ0n) is 13.1. The summed E-state index contributed by atoms with van der Waals surface area (Å²) >= 11 is 0. The molecule has 1 spiro atoms. The molecule has 3 atom stereocenters. The Bertz CT molecular complexity index is 788. The third kappa shape index (κ3) is 1.71. The number of hydrogen-bond acceptors (Lipinski definition) is 1. The summed E-state index contributed by atoms with van der Waals surface area (Å²) in [5, 5.41) is 2.68. The van der Waals surface area contributed by atoms with Crippen LogP contribution in [0, 0.1) is 17.3 Å². The molecular weight excluding hydrogens is 268 g/mol. The van der Waals surface area contributed by atoms with E-state index in [9.17, 15) is 0 Å². The number of allylic oxidation sites excluding steroid dienone is 2. The molecule has 22 heavy (non-hydrogen) atoms. The van der Waals surface area contributed by atoms with Crippen molar-refractivity contribution in [3.8, 4) is 5.75 Å². The number of fused-ring (bicyclic) bond motifs is 5. The van der Waals surface area contributed by atoms with Gasteiger partial charge in [0.25, 0.3) is 0 Å². The number of hydrogen-bond donors (Lipinski definition) is 0. The van der Waals surface area contributed by atoms with Crippen LogP contribution >= 0.6 is 0 Å². The quantitative estimate of drug-likeness (QED) is 0.677. The molecule has 0 saturated heterocycles. The van der Waals surface area contributed by atoms with Crippen molar-refractivity contribution in [1.82, 2.24) is 0 Å². The Balaban J connectivity index is 1.59. The van der Waals surface area contributed by atoms with Crippen molar-refractivity contribution in [3.63, 3.8) is 0 Å². The molecule has 112 valence electrons. The zero-order chi connectivity index (χ0) is 14.7. The van der Waals surface area contributed by atoms with E-state index in [4.69, 9.17) is 4.74 Å². The van der Waals surface area contributed by atoms with Gasteiger partial charge in [-0.15, -0.1) is 0 Å². The molecule has 0 radical (unpaired) electrons. The maximum atomic E-state index is 5.39. The Hall–Kier alpha value is -1.76. The van der Waals surface area contributed by atoms with Crippen LogP contribution in [-0.4, -0.2) is 7.11 Å². The number of rotatable bonds is 1. The van der Waals surface area contributed by atoms with Crippen LogP contribution in [0.3, 0.4) is 0 Å². The molecule has 2 bridgehead atoms. The maximum Gasteiger partial charge on any atom is 0.119 e. The smallest absolute Gasteiger partial charge is 0.119 e. The first kappa shape index (κ1) is 12.8. The monoisotopic (exact) mass is 290 g/mol. The summed E-state index contributed by atoms with van der Waals surface area (Å²) in [6.07, 6.45) is 11.7. The predicted octanol–water partition coefficient (Wildman–Crippen LogP) is 4.92. The van der Waals surface area contributed by atoms with Crippen LogP contribution in [0.4, 0.5) is 0 Å². The third-order valence-electron chi connectivity index (χ3n) is 6.43. The lowest BCUT2D eigenvalue weighted by atomic mass is 9.64. The molecule has 2 aromatic rings. The minimum absolute atomic E-state index is 0.568. The van der Waals surface area contributed by atoms with E-state index in [1.807, 2.05) is 0 Å². The SMILES string of the molecule is COc1ccc2cc3c(cc2c1)CC1(CC3)CC2C=CC1C2. The molecule has 3 unspecified atom stereocenters. The summed E-state index contributed by atoms with van der Waals surface area (Å²) < 4.78 is 5.39. The van der Waals surface area contributed by atoms with Crippen molar-refractivity contribution in [3.05, 3.63) is 53.6 Å².